The minimum atomic E-state index is -3.66. The van der Waals surface area contributed by atoms with E-state index >= 15 is 0 Å². The maximum atomic E-state index is 12.0. The summed E-state index contributed by atoms with van der Waals surface area (Å²) in [6.07, 6.45) is 4.30. The van der Waals surface area contributed by atoms with E-state index in [1.165, 1.54) is 30.9 Å². The molecule has 0 spiro atoms. The molecular formula is C12H10N4O2S. The lowest BCUT2D eigenvalue weighted by Gasteiger charge is -2.07. The maximum Gasteiger partial charge on any atom is 0.261 e. The van der Waals surface area contributed by atoms with Crippen LogP contribution in [0.4, 0.5) is 5.69 Å². The molecule has 0 unspecified atom stereocenters. The Hall–Kier alpha value is -2.46. The lowest BCUT2D eigenvalue weighted by atomic mass is 10.2. The van der Waals surface area contributed by atoms with Crippen molar-refractivity contribution in [3.63, 3.8) is 0 Å². The van der Waals surface area contributed by atoms with Gasteiger partial charge < -0.3 is 0 Å². The number of benzene rings is 1. The molecule has 0 aliphatic heterocycles. The van der Waals surface area contributed by atoms with Gasteiger partial charge in [0.2, 0.25) is 0 Å². The number of hydrogen-bond donors (Lipinski definition) is 1. The van der Waals surface area contributed by atoms with Crippen molar-refractivity contribution in [2.75, 3.05) is 4.72 Å². The van der Waals surface area contributed by atoms with Gasteiger partial charge in [-0.3, -0.25) is 4.72 Å². The van der Waals surface area contributed by atoms with Crippen molar-refractivity contribution < 1.29 is 8.42 Å². The van der Waals surface area contributed by atoms with Gasteiger partial charge in [0.25, 0.3) is 10.0 Å². The van der Waals surface area contributed by atoms with Gasteiger partial charge in [0.15, 0.2) is 0 Å². The van der Waals surface area contributed by atoms with E-state index in [1.54, 1.807) is 12.1 Å². The van der Waals surface area contributed by atoms with Crippen molar-refractivity contribution in [3.8, 4) is 6.07 Å². The fourth-order valence-corrected chi connectivity index (χ4v) is 2.47. The van der Waals surface area contributed by atoms with Gasteiger partial charge in [-0.25, -0.2) is 18.4 Å². The fraction of sp³-hybridized carbons (Fsp3) is 0.0833. The third-order valence-electron chi connectivity index (χ3n) is 2.33. The largest absolute Gasteiger partial charge is 0.276 e. The van der Waals surface area contributed by atoms with Crippen molar-refractivity contribution >= 4 is 15.7 Å². The smallest absolute Gasteiger partial charge is 0.261 e. The van der Waals surface area contributed by atoms with Gasteiger partial charge in [-0.1, -0.05) is 12.1 Å². The minimum Gasteiger partial charge on any atom is -0.276 e. The predicted molar refractivity (Wildman–Crippen MR) is 68.6 cm³/mol. The number of nitrogens with one attached hydrogen (secondary N) is 1. The van der Waals surface area contributed by atoms with Crippen molar-refractivity contribution in [3.05, 3.63) is 48.5 Å². The van der Waals surface area contributed by atoms with Crippen LogP contribution in [0.2, 0.25) is 0 Å². The van der Waals surface area contributed by atoms with Gasteiger partial charge in [0.1, 0.15) is 6.33 Å². The summed E-state index contributed by atoms with van der Waals surface area (Å²) in [5.41, 5.74) is 1.06. The highest BCUT2D eigenvalue weighted by Crippen LogP contribution is 2.15. The standard InChI is InChI=1S/C12H10N4O2S/c13-6-5-10-1-3-12(4-2-10)19(17,18)16-11-7-14-9-15-8-11/h1-4,7-9,16H,5H2. The first kappa shape index (κ1) is 13.0. The lowest BCUT2D eigenvalue weighted by molar-refractivity contribution is 0.601. The molecule has 0 aliphatic carbocycles. The zero-order valence-corrected chi connectivity index (χ0v) is 10.6. The normalized spacial score (nSPS) is 10.7. The molecule has 0 fully saturated rings. The predicted octanol–water partition coefficient (Wildman–Crippen LogP) is 1.34. The number of nitrogens with zero attached hydrogens (tertiary/aromatic N) is 3. The SMILES string of the molecule is N#CCc1ccc(S(=O)(=O)Nc2cncnc2)cc1. The number of hydrogen-bond acceptors (Lipinski definition) is 5. The topological polar surface area (TPSA) is 95.7 Å². The van der Waals surface area contributed by atoms with Crippen molar-refractivity contribution in [1.29, 1.82) is 5.26 Å². The molecule has 0 radical (unpaired) electrons. The monoisotopic (exact) mass is 274 g/mol. The Balaban J connectivity index is 2.23. The van der Waals surface area contributed by atoms with Crippen LogP contribution in [0.3, 0.4) is 0 Å². The van der Waals surface area contributed by atoms with E-state index in [0.29, 0.717) is 5.69 Å². The summed E-state index contributed by atoms with van der Waals surface area (Å²) in [7, 11) is -3.66. The van der Waals surface area contributed by atoms with Gasteiger partial charge >= 0.3 is 0 Å². The Bertz CT molecular complexity index is 691. The summed E-state index contributed by atoms with van der Waals surface area (Å²) < 4.78 is 26.4. The Morgan fingerprint density at radius 2 is 1.79 bits per heavy atom. The molecular weight excluding hydrogens is 264 g/mol. The van der Waals surface area contributed by atoms with Crippen LogP contribution in [0.5, 0.6) is 0 Å². The van der Waals surface area contributed by atoms with Gasteiger partial charge in [-0.15, -0.1) is 0 Å². The van der Waals surface area contributed by atoms with E-state index in [9.17, 15) is 8.42 Å². The first-order valence-electron chi connectivity index (χ1n) is 5.35. The molecule has 2 aromatic rings. The van der Waals surface area contributed by atoms with Crippen molar-refractivity contribution in [2.24, 2.45) is 0 Å². The van der Waals surface area contributed by atoms with Gasteiger partial charge in [-0.2, -0.15) is 5.26 Å². The average molecular weight is 274 g/mol. The van der Waals surface area contributed by atoms with E-state index in [4.69, 9.17) is 5.26 Å². The summed E-state index contributed by atoms with van der Waals surface area (Å²) in [5.74, 6) is 0. The quantitative estimate of drug-likeness (QED) is 0.907. The van der Waals surface area contributed by atoms with Gasteiger partial charge in [0.05, 0.1) is 35.5 Å². The first-order valence-corrected chi connectivity index (χ1v) is 6.84. The van der Waals surface area contributed by atoms with Crippen LogP contribution in [0.25, 0.3) is 0 Å². The molecule has 1 heterocycles. The molecule has 0 saturated carbocycles. The molecule has 19 heavy (non-hydrogen) atoms. The van der Waals surface area contributed by atoms with Gasteiger partial charge in [-0.05, 0) is 17.7 Å². The van der Waals surface area contributed by atoms with E-state index < -0.39 is 10.0 Å². The Morgan fingerprint density at radius 3 is 2.37 bits per heavy atom. The molecule has 7 heteroatoms. The molecule has 0 aliphatic rings. The van der Waals surface area contributed by atoms with Crippen LogP contribution in [-0.4, -0.2) is 18.4 Å². The molecule has 0 atom stereocenters. The number of nitriles is 1. The van der Waals surface area contributed by atoms with Crippen molar-refractivity contribution in [1.82, 2.24) is 9.97 Å². The highest BCUT2D eigenvalue weighted by molar-refractivity contribution is 7.92. The van der Waals surface area contributed by atoms with Crippen LogP contribution in [0.15, 0.2) is 47.9 Å². The average Bonchev–Trinajstić information content (AvgIpc) is 2.40. The summed E-state index contributed by atoms with van der Waals surface area (Å²) in [6.45, 7) is 0. The molecule has 2 rings (SSSR count). The second-order valence-corrected chi connectivity index (χ2v) is 5.39. The molecule has 96 valence electrons. The Kier molecular flexibility index (Phi) is 3.73. The molecule has 0 amide bonds. The van der Waals surface area contributed by atoms with E-state index in [-0.39, 0.29) is 11.3 Å². The van der Waals surface area contributed by atoms with Crippen LogP contribution in [0.1, 0.15) is 5.56 Å². The molecule has 1 aromatic carbocycles. The molecule has 1 aromatic heterocycles. The summed E-state index contributed by atoms with van der Waals surface area (Å²) in [4.78, 5) is 7.58. The van der Waals surface area contributed by atoms with E-state index in [0.717, 1.165) is 5.56 Å². The highest BCUT2D eigenvalue weighted by atomic mass is 32.2. The third kappa shape index (κ3) is 3.26. The molecule has 0 saturated heterocycles. The Morgan fingerprint density at radius 1 is 1.16 bits per heavy atom. The first-order chi connectivity index (χ1) is 9.12. The van der Waals surface area contributed by atoms with E-state index in [1.807, 2.05) is 6.07 Å². The van der Waals surface area contributed by atoms with Crippen LogP contribution in [0, 0.1) is 11.3 Å². The molecule has 0 bridgehead atoms. The Labute approximate surface area is 110 Å². The van der Waals surface area contributed by atoms with Crippen LogP contribution in [-0.2, 0) is 16.4 Å². The fourth-order valence-electron chi connectivity index (χ4n) is 1.44. The number of anilines is 1. The molecule has 6 nitrogen and oxygen atoms in total. The van der Waals surface area contributed by atoms with Crippen LogP contribution >= 0.6 is 0 Å². The minimum absolute atomic E-state index is 0.123. The van der Waals surface area contributed by atoms with Crippen molar-refractivity contribution in [2.45, 2.75) is 11.3 Å². The maximum absolute atomic E-state index is 12.0. The number of sulfonamides is 1. The second-order valence-electron chi connectivity index (χ2n) is 3.71. The lowest BCUT2D eigenvalue weighted by Crippen LogP contribution is -2.13. The zero-order chi connectivity index (χ0) is 13.7. The number of rotatable bonds is 4. The third-order valence-corrected chi connectivity index (χ3v) is 3.73. The summed E-state index contributed by atoms with van der Waals surface area (Å²) >= 11 is 0. The van der Waals surface area contributed by atoms with Gasteiger partial charge in [0, 0.05) is 0 Å². The summed E-state index contributed by atoms with van der Waals surface area (Å²) in [5, 5.41) is 8.55. The van der Waals surface area contributed by atoms with Crippen LogP contribution < -0.4 is 4.72 Å². The zero-order valence-electron chi connectivity index (χ0n) is 9.81. The van der Waals surface area contributed by atoms with E-state index in [2.05, 4.69) is 14.7 Å². The summed E-state index contributed by atoms with van der Waals surface area (Å²) in [6, 6.07) is 8.14. The second kappa shape index (κ2) is 5.46. The molecule has 1 N–H and O–H groups in total. The number of aromatic nitrogens is 2. The highest BCUT2D eigenvalue weighted by Gasteiger charge is 2.14.